The summed E-state index contributed by atoms with van der Waals surface area (Å²) in [6.45, 7) is 1.82. The van der Waals surface area contributed by atoms with Gasteiger partial charge in [-0.3, -0.25) is 14.3 Å². The number of nitrogens with zero attached hydrogens (tertiary/aromatic N) is 3. The van der Waals surface area contributed by atoms with Gasteiger partial charge in [-0.1, -0.05) is 6.07 Å². The summed E-state index contributed by atoms with van der Waals surface area (Å²) < 4.78 is 1.63. The molecule has 8 nitrogen and oxygen atoms in total. The van der Waals surface area contributed by atoms with Gasteiger partial charge in [0.15, 0.2) is 5.65 Å². The van der Waals surface area contributed by atoms with Crippen molar-refractivity contribution >= 4 is 34.2 Å². The highest BCUT2D eigenvalue weighted by Gasteiger charge is 2.18. The third-order valence-corrected chi connectivity index (χ3v) is 3.71. The molecule has 8 heteroatoms. The van der Waals surface area contributed by atoms with E-state index in [1.165, 1.54) is 6.20 Å². The Kier molecular flexibility index (Phi) is 3.64. The van der Waals surface area contributed by atoms with Crippen molar-refractivity contribution in [1.29, 1.82) is 0 Å². The van der Waals surface area contributed by atoms with Crippen LogP contribution in [0.25, 0.3) is 11.0 Å². The van der Waals surface area contributed by atoms with E-state index in [9.17, 15) is 9.59 Å². The number of amides is 2. The number of benzene rings is 1. The molecule has 24 heavy (non-hydrogen) atoms. The van der Waals surface area contributed by atoms with Crippen LogP contribution in [-0.4, -0.2) is 26.6 Å². The molecule has 0 fully saturated rings. The summed E-state index contributed by atoms with van der Waals surface area (Å²) in [4.78, 5) is 27.4. The highest BCUT2D eigenvalue weighted by atomic mass is 16.1. The third kappa shape index (κ3) is 2.54. The van der Waals surface area contributed by atoms with E-state index in [4.69, 9.17) is 11.5 Å². The average Bonchev–Trinajstić information content (AvgIpc) is 2.82. The number of pyridine rings is 1. The fourth-order valence-electron chi connectivity index (χ4n) is 2.62. The maximum Gasteiger partial charge on any atom is 0.252 e. The van der Waals surface area contributed by atoms with Crippen molar-refractivity contribution < 1.29 is 9.59 Å². The number of rotatable bonds is 4. The molecule has 0 unspecified atom stereocenters. The number of nitrogens with one attached hydrogen (secondary N) is 1. The summed E-state index contributed by atoms with van der Waals surface area (Å²) in [5.74, 6) is -1.15. The standard InChI is InChI=1S/C16H16N6O2/c1-8-12-13(20-10-5-3-4-9(6-10)14(17)23)11(15(18)24)7-19-16(12)22(2)21-8/h3-7H,1-2H3,(H2,17,23)(H2,18,24)(H,19,20). The van der Waals surface area contributed by atoms with E-state index in [0.29, 0.717) is 33.7 Å². The highest BCUT2D eigenvalue weighted by Crippen LogP contribution is 2.31. The van der Waals surface area contributed by atoms with E-state index >= 15 is 0 Å². The zero-order valence-electron chi connectivity index (χ0n) is 13.2. The number of hydrogen-bond acceptors (Lipinski definition) is 5. The number of aromatic nitrogens is 3. The zero-order chi connectivity index (χ0) is 17.4. The Morgan fingerprint density at radius 2 is 1.96 bits per heavy atom. The molecule has 0 bridgehead atoms. The Morgan fingerprint density at radius 3 is 2.62 bits per heavy atom. The second-order valence-electron chi connectivity index (χ2n) is 5.39. The van der Waals surface area contributed by atoms with Crippen LogP contribution in [0.4, 0.5) is 11.4 Å². The van der Waals surface area contributed by atoms with Gasteiger partial charge in [0, 0.05) is 24.5 Å². The lowest BCUT2D eigenvalue weighted by Gasteiger charge is -2.12. The van der Waals surface area contributed by atoms with E-state index in [0.717, 1.165) is 0 Å². The minimum atomic E-state index is -0.610. The molecule has 2 aromatic heterocycles. The predicted molar refractivity (Wildman–Crippen MR) is 90.0 cm³/mol. The van der Waals surface area contributed by atoms with E-state index < -0.39 is 11.8 Å². The lowest BCUT2D eigenvalue weighted by Crippen LogP contribution is -2.15. The number of nitrogens with two attached hydrogens (primary N) is 2. The first-order valence-electron chi connectivity index (χ1n) is 7.17. The lowest BCUT2D eigenvalue weighted by molar-refractivity contribution is 0.0992. The van der Waals surface area contributed by atoms with Gasteiger partial charge in [-0.05, 0) is 25.1 Å². The van der Waals surface area contributed by atoms with Crippen LogP contribution in [-0.2, 0) is 7.05 Å². The van der Waals surface area contributed by atoms with Crippen molar-refractivity contribution in [3.05, 3.63) is 47.3 Å². The Bertz CT molecular complexity index is 976. The summed E-state index contributed by atoms with van der Waals surface area (Å²) in [6.07, 6.45) is 1.41. The van der Waals surface area contributed by atoms with Crippen molar-refractivity contribution in [2.45, 2.75) is 6.92 Å². The fourth-order valence-corrected chi connectivity index (χ4v) is 2.62. The second-order valence-corrected chi connectivity index (χ2v) is 5.39. The minimum absolute atomic E-state index is 0.239. The van der Waals surface area contributed by atoms with Gasteiger partial charge in [-0.15, -0.1) is 0 Å². The zero-order valence-corrected chi connectivity index (χ0v) is 13.2. The molecule has 0 aliphatic heterocycles. The first-order chi connectivity index (χ1) is 11.4. The molecule has 0 atom stereocenters. The molecular weight excluding hydrogens is 308 g/mol. The molecule has 2 amide bonds. The normalized spacial score (nSPS) is 10.8. The molecule has 0 saturated carbocycles. The number of aryl methyl sites for hydroxylation is 2. The molecule has 3 rings (SSSR count). The van der Waals surface area contributed by atoms with E-state index in [1.807, 2.05) is 6.92 Å². The molecule has 5 N–H and O–H groups in total. The predicted octanol–water partition coefficient (Wildman–Crippen LogP) is 1.22. The maximum atomic E-state index is 11.8. The van der Waals surface area contributed by atoms with Crippen LogP contribution in [0.1, 0.15) is 26.4 Å². The average molecular weight is 324 g/mol. The Hall–Kier alpha value is -3.42. The Morgan fingerprint density at radius 1 is 1.21 bits per heavy atom. The molecule has 1 aromatic carbocycles. The minimum Gasteiger partial charge on any atom is -0.366 e. The molecule has 0 aliphatic rings. The van der Waals surface area contributed by atoms with Crippen LogP contribution in [0.2, 0.25) is 0 Å². The molecule has 0 saturated heterocycles. The van der Waals surface area contributed by atoms with Crippen LogP contribution in [0, 0.1) is 6.92 Å². The van der Waals surface area contributed by atoms with E-state index in [2.05, 4.69) is 15.4 Å². The summed E-state index contributed by atoms with van der Waals surface area (Å²) in [7, 11) is 1.77. The Labute approximate surface area is 137 Å². The quantitative estimate of drug-likeness (QED) is 0.664. The van der Waals surface area contributed by atoms with Crippen molar-refractivity contribution in [3.63, 3.8) is 0 Å². The first-order valence-corrected chi connectivity index (χ1v) is 7.17. The van der Waals surface area contributed by atoms with Crippen molar-refractivity contribution in [1.82, 2.24) is 14.8 Å². The lowest BCUT2D eigenvalue weighted by atomic mass is 10.1. The van der Waals surface area contributed by atoms with Crippen LogP contribution in [0.15, 0.2) is 30.5 Å². The molecule has 0 spiro atoms. The van der Waals surface area contributed by atoms with Gasteiger partial charge < -0.3 is 16.8 Å². The second kappa shape index (κ2) is 5.65. The van der Waals surface area contributed by atoms with Gasteiger partial charge in [0.05, 0.1) is 22.3 Å². The van der Waals surface area contributed by atoms with Gasteiger partial charge in [-0.2, -0.15) is 5.10 Å². The number of carbonyl (C=O) groups excluding carboxylic acids is 2. The SMILES string of the molecule is Cc1nn(C)c2ncc(C(N)=O)c(Nc3cccc(C(N)=O)c3)c12. The van der Waals surface area contributed by atoms with Crippen LogP contribution >= 0.6 is 0 Å². The smallest absolute Gasteiger partial charge is 0.252 e. The van der Waals surface area contributed by atoms with Crippen molar-refractivity contribution in [2.24, 2.45) is 18.5 Å². The highest BCUT2D eigenvalue weighted by molar-refractivity contribution is 6.07. The van der Waals surface area contributed by atoms with Crippen LogP contribution < -0.4 is 16.8 Å². The van der Waals surface area contributed by atoms with Crippen LogP contribution in [0.5, 0.6) is 0 Å². The molecular formula is C16H16N6O2. The van der Waals surface area contributed by atoms with Crippen molar-refractivity contribution in [3.8, 4) is 0 Å². The Balaban J connectivity index is 2.20. The third-order valence-electron chi connectivity index (χ3n) is 3.71. The topological polar surface area (TPSA) is 129 Å². The van der Waals surface area contributed by atoms with E-state index in [-0.39, 0.29) is 5.56 Å². The molecule has 0 radical (unpaired) electrons. The van der Waals surface area contributed by atoms with Gasteiger partial charge in [0.2, 0.25) is 5.91 Å². The van der Waals surface area contributed by atoms with Gasteiger partial charge in [0.25, 0.3) is 5.91 Å². The monoisotopic (exact) mass is 324 g/mol. The summed E-state index contributed by atoms with van der Waals surface area (Å²) in [5.41, 5.74) is 13.8. The summed E-state index contributed by atoms with van der Waals surface area (Å²) >= 11 is 0. The number of hydrogen-bond donors (Lipinski definition) is 3. The maximum absolute atomic E-state index is 11.8. The summed E-state index contributed by atoms with van der Waals surface area (Å²) in [5, 5.41) is 8.16. The number of primary amides is 2. The van der Waals surface area contributed by atoms with Crippen LogP contribution in [0.3, 0.4) is 0 Å². The molecule has 0 aliphatic carbocycles. The number of carbonyl (C=O) groups is 2. The fraction of sp³-hybridized carbons (Fsp3) is 0.125. The molecule has 2 heterocycles. The summed E-state index contributed by atoms with van der Waals surface area (Å²) in [6, 6.07) is 6.67. The molecule has 3 aromatic rings. The van der Waals surface area contributed by atoms with Gasteiger partial charge >= 0.3 is 0 Å². The number of anilines is 2. The van der Waals surface area contributed by atoms with Gasteiger partial charge in [-0.25, -0.2) is 4.98 Å². The largest absolute Gasteiger partial charge is 0.366 e. The number of fused-ring (bicyclic) bond motifs is 1. The molecule has 122 valence electrons. The first kappa shape index (κ1) is 15.5. The van der Waals surface area contributed by atoms with E-state index in [1.54, 1.807) is 36.0 Å². The van der Waals surface area contributed by atoms with Gasteiger partial charge in [0.1, 0.15) is 0 Å². The van der Waals surface area contributed by atoms with Crippen molar-refractivity contribution in [2.75, 3.05) is 5.32 Å².